The first-order valence-electron chi connectivity index (χ1n) is 7.01. The van der Waals surface area contributed by atoms with Gasteiger partial charge in [0.25, 0.3) is 0 Å². The lowest BCUT2D eigenvalue weighted by atomic mass is 9.76. The zero-order chi connectivity index (χ0) is 13.7. The van der Waals surface area contributed by atoms with Crippen LogP contribution in [0, 0.1) is 0 Å². The van der Waals surface area contributed by atoms with Crippen LogP contribution < -0.4 is 10.1 Å². The molecule has 1 saturated heterocycles. The van der Waals surface area contributed by atoms with Gasteiger partial charge in [0.05, 0.1) is 0 Å². The maximum atomic E-state index is 10.8. The smallest absolute Gasteiger partial charge is 0.449 e. The van der Waals surface area contributed by atoms with E-state index in [-0.39, 0.29) is 0 Å². The molecule has 0 radical (unpaired) electrons. The van der Waals surface area contributed by atoms with Gasteiger partial charge in [-0.2, -0.15) is 0 Å². The third kappa shape index (κ3) is 1.63. The zero-order valence-corrected chi connectivity index (χ0v) is 11.0. The Morgan fingerprint density at radius 3 is 3.15 bits per heavy atom. The van der Waals surface area contributed by atoms with Crippen LogP contribution in [0.5, 0.6) is 5.88 Å². The second kappa shape index (κ2) is 4.24. The normalized spacial score (nSPS) is 24.4. The van der Waals surface area contributed by atoms with E-state index in [1.807, 2.05) is 12.1 Å². The Balaban J connectivity index is 1.91. The van der Waals surface area contributed by atoms with Crippen LogP contribution in [0.1, 0.15) is 29.9 Å². The first-order chi connectivity index (χ1) is 9.74. The quantitative estimate of drug-likeness (QED) is 0.698. The number of H-pyrrole nitrogens is 1. The van der Waals surface area contributed by atoms with Crippen LogP contribution in [0.2, 0.25) is 0 Å². The predicted molar refractivity (Wildman–Crippen MR) is 74.4 cm³/mol. The summed E-state index contributed by atoms with van der Waals surface area (Å²) in [6.07, 6.45) is 1.93. The Morgan fingerprint density at radius 2 is 2.30 bits per heavy atom. The second-order valence-electron chi connectivity index (χ2n) is 5.58. The Hall–Kier alpha value is -2.01. The van der Waals surface area contributed by atoms with Gasteiger partial charge in [0.15, 0.2) is 0 Å². The van der Waals surface area contributed by atoms with Gasteiger partial charge in [-0.05, 0) is 37.4 Å². The van der Waals surface area contributed by atoms with Crippen LogP contribution in [0.25, 0.3) is 10.9 Å². The monoisotopic (exact) mass is 272 g/mol. The number of aromatic nitrogens is 1. The van der Waals surface area contributed by atoms with Crippen molar-refractivity contribution in [1.82, 2.24) is 10.3 Å². The Kier molecular flexibility index (Phi) is 2.50. The van der Waals surface area contributed by atoms with Crippen molar-refractivity contribution >= 4 is 17.1 Å². The van der Waals surface area contributed by atoms with E-state index in [0.29, 0.717) is 17.8 Å². The molecule has 5 nitrogen and oxygen atoms in total. The number of hydrogen-bond acceptors (Lipinski definition) is 3. The lowest BCUT2D eigenvalue weighted by molar-refractivity contribution is 0.142. The fraction of sp³-hybridized carbons (Fsp3) is 0.400. The summed E-state index contributed by atoms with van der Waals surface area (Å²) in [6, 6.07) is 6.55. The van der Waals surface area contributed by atoms with Crippen LogP contribution >= 0.6 is 0 Å². The highest BCUT2D eigenvalue weighted by Gasteiger charge is 2.35. The fourth-order valence-corrected chi connectivity index (χ4v) is 3.76. The van der Waals surface area contributed by atoms with Gasteiger partial charge < -0.3 is 20.1 Å². The molecule has 0 spiro atoms. The lowest BCUT2D eigenvalue weighted by Crippen LogP contribution is -2.43. The molecule has 2 aromatic rings. The first kappa shape index (κ1) is 11.8. The third-order valence-electron chi connectivity index (χ3n) is 4.52. The van der Waals surface area contributed by atoms with Gasteiger partial charge in [-0.1, -0.05) is 12.1 Å². The van der Waals surface area contributed by atoms with E-state index in [1.54, 1.807) is 0 Å². The Labute approximate surface area is 115 Å². The summed E-state index contributed by atoms with van der Waals surface area (Å²) in [4.78, 5) is 13.9. The Bertz CT molecular complexity index is 692. The minimum atomic E-state index is -1.27. The summed E-state index contributed by atoms with van der Waals surface area (Å²) in [5.41, 5.74) is 3.28. The molecule has 2 aliphatic rings. The van der Waals surface area contributed by atoms with E-state index in [9.17, 15) is 4.79 Å². The molecule has 104 valence electrons. The van der Waals surface area contributed by atoms with E-state index in [0.717, 1.165) is 29.4 Å². The Morgan fingerprint density at radius 1 is 1.40 bits per heavy atom. The third-order valence-corrected chi connectivity index (χ3v) is 4.52. The number of piperidine rings is 1. The number of benzene rings is 1. The number of hydrogen-bond donors (Lipinski definition) is 3. The van der Waals surface area contributed by atoms with Gasteiger partial charge in [0.2, 0.25) is 5.88 Å². The molecule has 0 bridgehead atoms. The summed E-state index contributed by atoms with van der Waals surface area (Å²) in [5, 5.41) is 13.6. The van der Waals surface area contributed by atoms with Crippen molar-refractivity contribution in [3.8, 4) is 5.88 Å². The molecule has 1 aromatic heterocycles. The molecule has 1 aliphatic heterocycles. The van der Waals surface area contributed by atoms with Crippen LogP contribution in [-0.2, 0) is 6.42 Å². The van der Waals surface area contributed by atoms with Crippen molar-refractivity contribution < 1.29 is 14.6 Å². The van der Waals surface area contributed by atoms with E-state index >= 15 is 0 Å². The van der Waals surface area contributed by atoms with Gasteiger partial charge in [0.1, 0.15) is 0 Å². The SMILES string of the molecule is O=C(O)Oc1[nH]c2cccc3c2c1C[C@H]1NCCCC31. The molecule has 0 saturated carbocycles. The molecule has 3 N–H and O–H groups in total. The van der Waals surface area contributed by atoms with E-state index < -0.39 is 6.16 Å². The summed E-state index contributed by atoms with van der Waals surface area (Å²) in [5.74, 6) is 0.902. The maximum Gasteiger partial charge on any atom is 0.512 e. The number of carbonyl (C=O) groups is 1. The molecular weight excluding hydrogens is 256 g/mol. The number of ether oxygens (including phenoxy) is 1. The van der Waals surface area contributed by atoms with Crippen LogP contribution in [-0.4, -0.2) is 28.8 Å². The maximum absolute atomic E-state index is 10.8. The van der Waals surface area contributed by atoms with Crippen molar-refractivity contribution in [2.75, 3.05) is 6.54 Å². The predicted octanol–water partition coefficient (Wildman–Crippen LogP) is 2.62. The van der Waals surface area contributed by atoms with E-state index in [4.69, 9.17) is 9.84 Å². The van der Waals surface area contributed by atoms with Gasteiger partial charge in [-0.25, -0.2) is 4.79 Å². The van der Waals surface area contributed by atoms with Crippen molar-refractivity contribution in [2.45, 2.75) is 31.2 Å². The molecule has 4 rings (SSSR count). The van der Waals surface area contributed by atoms with Gasteiger partial charge in [-0.15, -0.1) is 0 Å². The van der Waals surface area contributed by atoms with Crippen molar-refractivity contribution in [3.05, 3.63) is 29.3 Å². The second-order valence-corrected chi connectivity index (χ2v) is 5.58. The summed E-state index contributed by atoms with van der Waals surface area (Å²) < 4.78 is 4.92. The van der Waals surface area contributed by atoms with Crippen molar-refractivity contribution in [2.24, 2.45) is 0 Å². The molecule has 2 atom stereocenters. The highest BCUT2D eigenvalue weighted by atomic mass is 16.7. The van der Waals surface area contributed by atoms with Gasteiger partial charge in [0, 0.05) is 28.4 Å². The van der Waals surface area contributed by atoms with Crippen LogP contribution in [0.15, 0.2) is 18.2 Å². The zero-order valence-electron chi connectivity index (χ0n) is 11.0. The number of aromatic amines is 1. The van der Waals surface area contributed by atoms with Gasteiger partial charge >= 0.3 is 6.16 Å². The molecule has 1 fully saturated rings. The number of rotatable bonds is 1. The minimum absolute atomic E-state index is 0.380. The molecule has 2 heterocycles. The minimum Gasteiger partial charge on any atom is -0.449 e. The van der Waals surface area contributed by atoms with Crippen LogP contribution in [0.3, 0.4) is 0 Å². The van der Waals surface area contributed by atoms with E-state index in [2.05, 4.69) is 16.4 Å². The van der Waals surface area contributed by atoms with Gasteiger partial charge in [-0.3, -0.25) is 0 Å². The summed E-state index contributed by atoms with van der Waals surface area (Å²) in [6.45, 7) is 1.03. The van der Waals surface area contributed by atoms with Crippen molar-refractivity contribution in [3.63, 3.8) is 0 Å². The highest BCUT2D eigenvalue weighted by Crippen LogP contribution is 2.43. The van der Waals surface area contributed by atoms with E-state index in [1.165, 1.54) is 18.4 Å². The molecular formula is C15H16N2O3. The fourth-order valence-electron chi connectivity index (χ4n) is 3.76. The first-order valence-corrected chi connectivity index (χ1v) is 7.01. The summed E-state index contributed by atoms with van der Waals surface area (Å²) >= 11 is 0. The number of nitrogens with one attached hydrogen (secondary N) is 2. The largest absolute Gasteiger partial charge is 0.512 e. The number of fused-ring (bicyclic) bond motifs is 2. The number of carboxylic acid groups (broad SMARTS) is 1. The molecule has 1 aliphatic carbocycles. The average molecular weight is 272 g/mol. The topological polar surface area (TPSA) is 74.3 Å². The lowest BCUT2D eigenvalue weighted by Gasteiger charge is -2.36. The summed E-state index contributed by atoms with van der Waals surface area (Å²) in [7, 11) is 0. The molecule has 20 heavy (non-hydrogen) atoms. The highest BCUT2D eigenvalue weighted by molar-refractivity contribution is 5.91. The van der Waals surface area contributed by atoms with Crippen molar-refractivity contribution in [1.29, 1.82) is 0 Å². The average Bonchev–Trinajstić information content (AvgIpc) is 2.78. The molecule has 1 unspecified atom stereocenters. The van der Waals surface area contributed by atoms with Crippen LogP contribution in [0.4, 0.5) is 4.79 Å². The molecule has 1 aromatic carbocycles. The molecule has 0 amide bonds. The molecule has 5 heteroatoms. The standard InChI is InChI=1S/C15H16N2O3/c18-15(19)20-14-10-7-12-8(4-2-6-16-12)9-3-1-5-11(17-14)13(9)10/h1,3,5,8,12,16-17H,2,4,6-7H2,(H,18,19)/t8?,12-/m1/s1.